The number of hydrogen-bond donors (Lipinski definition) is 3. The van der Waals surface area contributed by atoms with Crippen molar-refractivity contribution in [3.63, 3.8) is 0 Å². The zero-order valence-corrected chi connectivity index (χ0v) is 33.9. The van der Waals surface area contributed by atoms with Gasteiger partial charge in [-0.1, -0.05) is 107 Å². The number of nitrogens with one attached hydrogen (secondary N) is 1. The quantitative estimate of drug-likeness (QED) is 0.122. The first kappa shape index (κ1) is 36.1. The van der Waals surface area contributed by atoms with Crippen molar-refractivity contribution in [1.82, 2.24) is 5.32 Å². The Bertz CT molecular complexity index is 1250. The number of thioether (sulfide) groups is 1. The molecule has 0 spiro atoms. The van der Waals surface area contributed by atoms with Crippen LogP contribution in [0.5, 0.6) is 0 Å². The molecule has 0 amide bonds. The summed E-state index contributed by atoms with van der Waals surface area (Å²) >= 11 is 2.06. The maximum atomic E-state index is 9.88. The summed E-state index contributed by atoms with van der Waals surface area (Å²) in [5, 5.41) is 28.9. The van der Waals surface area contributed by atoms with E-state index in [1.54, 1.807) is 6.08 Å². The molecule has 3 unspecified atom stereocenters. The zero-order chi connectivity index (χ0) is 36.5. The molecule has 5 rings (SSSR count). The fourth-order valence-electron chi connectivity index (χ4n) is 7.94. The van der Waals surface area contributed by atoms with Gasteiger partial charge in [0.25, 0.3) is 0 Å². The van der Waals surface area contributed by atoms with Gasteiger partial charge in [-0.15, -0.1) is 30.3 Å². The van der Waals surface area contributed by atoms with Gasteiger partial charge in [-0.3, -0.25) is 5.32 Å². The number of allylic oxidation sites excluding steroid dienone is 2. The smallest absolute Gasteiger partial charge is 0.134 e. The van der Waals surface area contributed by atoms with E-state index >= 15 is 0 Å². The molecule has 2 saturated heterocycles. The second-order valence-corrected chi connectivity index (χ2v) is 17.1. The van der Waals surface area contributed by atoms with Gasteiger partial charge >= 0.3 is 0 Å². The molecule has 5 aliphatic rings. The van der Waals surface area contributed by atoms with Gasteiger partial charge < -0.3 is 20.3 Å². The van der Waals surface area contributed by atoms with E-state index in [1.165, 1.54) is 10.5 Å². The van der Waals surface area contributed by atoms with E-state index in [1.807, 2.05) is 6.08 Å². The SMILES string of the molecule is CCC(CC)/C(O)=C/[C@@H](O)C(CC)CC.[2H]C([2H])([2H])[C@@H]1C=CC2[C@@H]3CC[CH-]C([C@H]4CC=C5SC(C(C)(C)C(C)(C)C)[C@@H](C)C5[N-]4)=C3O[C@@H]2N1.[Ir]. The molecule has 5 nitrogen and oxygen atoms in total. The van der Waals surface area contributed by atoms with Gasteiger partial charge in [0.2, 0.25) is 0 Å². The molecule has 3 N–H and O–H groups in total. The van der Waals surface area contributed by atoms with Gasteiger partial charge in [0.15, 0.2) is 0 Å². The van der Waals surface area contributed by atoms with Crippen LogP contribution in [0.4, 0.5) is 0 Å². The number of fused-ring (bicyclic) bond motifs is 4. The molecule has 1 aliphatic carbocycles. The Kier molecular flexibility index (Phi) is 13.1. The molecular weight excluding hydrogens is 781 g/mol. The summed E-state index contributed by atoms with van der Waals surface area (Å²) in [5.41, 5.74) is 1.67. The molecule has 9 atom stereocenters. The Labute approximate surface area is 310 Å². The molecule has 47 heavy (non-hydrogen) atoms. The van der Waals surface area contributed by atoms with E-state index in [0.717, 1.165) is 50.7 Å². The largest absolute Gasteiger partial charge is 0.651 e. The van der Waals surface area contributed by atoms with Crippen molar-refractivity contribution in [2.45, 2.75) is 157 Å². The maximum Gasteiger partial charge on any atom is 0.134 e. The predicted octanol–water partition coefficient (Wildman–Crippen LogP) is 10.3. The summed E-state index contributed by atoms with van der Waals surface area (Å²) in [4.78, 5) is 1.45. The Morgan fingerprint density at radius 3 is 2.43 bits per heavy atom. The second kappa shape index (κ2) is 17.0. The van der Waals surface area contributed by atoms with Crippen molar-refractivity contribution in [2.24, 2.45) is 40.4 Å². The second-order valence-electron chi connectivity index (χ2n) is 15.8. The summed E-state index contributed by atoms with van der Waals surface area (Å²) in [6.07, 6.45) is 16.3. The van der Waals surface area contributed by atoms with Crippen LogP contribution in [0.2, 0.25) is 0 Å². The average Bonchev–Trinajstić information content (AvgIpc) is 3.58. The number of nitrogens with zero attached hydrogens (tertiary/aromatic N) is 1. The van der Waals surface area contributed by atoms with Crippen LogP contribution in [0.3, 0.4) is 0 Å². The molecule has 1 radical (unpaired) electrons. The fourth-order valence-corrected chi connectivity index (χ4v) is 9.85. The maximum absolute atomic E-state index is 9.88. The molecule has 4 heterocycles. The molecule has 7 heteroatoms. The van der Waals surface area contributed by atoms with Crippen LogP contribution in [0, 0.1) is 46.8 Å². The third-order valence-corrected chi connectivity index (χ3v) is 14.0. The normalized spacial score (nSPS) is 33.9. The molecular formula is C40H66IrN2O3S-2. The van der Waals surface area contributed by atoms with Gasteiger partial charge in [0.05, 0.1) is 11.9 Å². The molecule has 0 aromatic carbocycles. The molecule has 0 saturated carbocycles. The first-order valence-electron chi connectivity index (χ1n) is 19.7. The standard InChI is InChI=1S/C27H40N2OS.C13H26O2.Ir/c1-15-11-12-18-17-9-8-10-19(23(17)30-25(18)28-15)20-13-14-21-22(29-20)16(2)24(31-21)27(6,7)26(3,4)5;1-5-10(6-2)12(14)9-13(15)11(7-3)8-4;/h10-12,14-18,20,22,24-25,28H,8-9,13H2,1-7H3;9-12,14-15H,5-8H2,1-4H3;/q-2;;/b;13-9-;/t15-,16+,17+,18?,20-,22?,24?,25+;12-;/m11./s1/i1D3;;. The number of aliphatic hydroxyl groups excluding tert-OH is 2. The van der Waals surface area contributed by atoms with Crippen LogP contribution in [-0.2, 0) is 24.8 Å². The Morgan fingerprint density at radius 2 is 1.83 bits per heavy atom. The molecule has 4 aliphatic heterocycles. The van der Waals surface area contributed by atoms with Crippen LogP contribution in [0.25, 0.3) is 5.32 Å². The van der Waals surface area contributed by atoms with Gasteiger partial charge in [-0.2, -0.15) is 5.57 Å². The summed E-state index contributed by atoms with van der Waals surface area (Å²) in [6, 6.07) is -0.251. The van der Waals surface area contributed by atoms with Gasteiger partial charge in [-0.25, -0.2) is 6.42 Å². The first-order chi connectivity index (χ1) is 22.9. The van der Waals surface area contributed by atoms with Gasteiger partial charge in [0.1, 0.15) is 6.23 Å². The minimum absolute atomic E-state index is 0. The van der Waals surface area contributed by atoms with Crippen molar-refractivity contribution >= 4 is 11.8 Å². The van der Waals surface area contributed by atoms with E-state index in [0.29, 0.717) is 22.8 Å². The van der Waals surface area contributed by atoms with E-state index in [2.05, 4.69) is 105 Å². The number of ether oxygens (including phenoxy) is 1. The van der Waals surface area contributed by atoms with Crippen LogP contribution in [-0.4, -0.2) is 45.9 Å². The van der Waals surface area contributed by atoms with Gasteiger partial charge in [-0.05, 0) is 71.4 Å². The topological polar surface area (TPSA) is 75.8 Å². The van der Waals surface area contributed by atoms with E-state index in [4.69, 9.17) is 14.2 Å². The van der Waals surface area contributed by atoms with Crippen LogP contribution >= 0.6 is 11.8 Å². The molecule has 0 aromatic heterocycles. The summed E-state index contributed by atoms with van der Waals surface area (Å²) in [7, 11) is 0. The Morgan fingerprint density at radius 1 is 1.15 bits per heavy atom. The predicted molar refractivity (Wildman–Crippen MR) is 196 cm³/mol. The number of aliphatic hydroxyl groups is 2. The van der Waals surface area contributed by atoms with Crippen molar-refractivity contribution in [3.8, 4) is 0 Å². The van der Waals surface area contributed by atoms with Crippen molar-refractivity contribution in [1.29, 1.82) is 0 Å². The summed E-state index contributed by atoms with van der Waals surface area (Å²) < 4.78 is 29.8. The third kappa shape index (κ3) is 8.79. The Hall–Kier alpha value is -0.691. The molecule has 0 bridgehead atoms. The minimum atomic E-state index is -2.06. The van der Waals surface area contributed by atoms with Crippen LogP contribution < -0.4 is 5.32 Å². The van der Waals surface area contributed by atoms with Gasteiger partial charge in [0, 0.05) is 47.3 Å². The third-order valence-electron chi connectivity index (χ3n) is 12.1. The zero-order valence-electron chi connectivity index (χ0n) is 33.7. The van der Waals surface area contributed by atoms with E-state index in [-0.39, 0.29) is 67.0 Å². The number of hydrogen-bond acceptors (Lipinski definition) is 5. The molecule has 271 valence electrons. The fraction of sp³-hybridized carbons (Fsp3) is 0.775. The van der Waals surface area contributed by atoms with Crippen molar-refractivity contribution in [3.05, 3.63) is 58.0 Å². The monoisotopic (exact) mass is 850 g/mol. The van der Waals surface area contributed by atoms with Crippen molar-refractivity contribution in [2.75, 3.05) is 0 Å². The number of rotatable bonds is 9. The van der Waals surface area contributed by atoms with Crippen molar-refractivity contribution < 1.29 is 39.2 Å². The Balaban J connectivity index is 0.000000361. The molecule has 2 fully saturated rings. The van der Waals surface area contributed by atoms with Crippen LogP contribution in [0.1, 0.15) is 125 Å². The summed E-state index contributed by atoms with van der Waals surface area (Å²) in [5.74, 6) is 2.89. The van der Waals surface area contributed by atoms with Crippen LogP contribution in [0.15, 0.2) is 46.3 Å². The van der Waals surface area contributed by atoms with E-state index in [9.17, 15) is 10.2 Å². The average molecular weight is 850 g/mol. The first-order valence-corrected chi connectivity index (χ1v) is 19.1. The summed E-state index contributed by atoms with van der Waals surface area (Å²) in [6.45, 7) is 20.5. The molecule has 0 aromatic rings. The minimum Gasteiger partial charge on any atom is -0.651 e. The van der Waals surface area contributed by atoms with E-state index < -0.39 is 19.0 Å².